The van der Waals surface area contributed by atoms with Crippen LogP contribution in [0.4, 0.5) is 16.0 Å². The summed E-state index contributed by atoms with van der Waals surface area (Å²) >= 11 is 0. The molecule has 6 rings (SSSR count). The van der Waals surface area contributed by atoms with Gasteiger partial charge in [-0.2, -0.15) is 0 Å². The first kappa shape index (κ1) is 24.6. The molecule has 0 radical (unpaired) electrons. The van der Waals surface area contributed by atoms with Gasteiger partial charge in [0.2, 0.25) is 5.95 Å². The van der Waals surface area contributed by atoms with Crippen molar-refractivity contribution >= 4 is 33.7 Å². The van der Waals surface area contributed by atoms with Crippen molar-refractivity contribution in [3.05, 3.63) is 90.4 Å². The molecule has 0 bridgehead atoms. The van der Waals surface area contributed by atoms with Gasteiger partial charge in [0.1, 0.15) is 23.0 Å². The van der Waals surface area contributed by atoms with Gasteiger partial charge in [0.25, 0.3) is 0 Å². The van der Waals surface area contributed by atoms with E-state index in [0.29, 0.717) is 17.4 Å². The van der Waals surface area contributed by atoms with Crippen LogP contribution in [0.5, 0.6) is 11.5 Å². The van der Waals surface area contributed by atoms with E-state index in [1.165, 1.54) is 17.7 Å². The summed E-state index contributed by atoms with van der Waals surface area (Å²) in [5, 5.41) is 3.24. The fourth-order valence-corrected chi connectivity index (χ4v) is 4.65. The van der Waals surface area contributed by atoms with E-state index >= 15 is 0 Å². The normalized spacial score (nSPS) is 11.8. The lowest BCUT2D eigenvalue weighted by molar-refractivity contribution is 0.483. The molecule has 3 aromatic carbocycles. The van der Waals surface area contributed by atoms with Gasteiger partial charge in [-0.1, -0.05) is 26.8 Å². The predicted molar refractivity (Wildman–Crippen MR) is 153 cm³/mol. The third kappa shape index (κ3) is 4.69. The summed E-state index contributed by atoms with van der Waals surface area (Å²) in [6.45, 7) is 6.60. The third-order valence-electron chi connectivity index (χ3n) is 6.90. The molecular formula is C31H29FN6O. The summed E-state index contributed by atoms with van der Waals surface area (Å²) in [4.78, 5) is 14.2. The van der Waals surface area contributed by atoms with Crippen molar-refractivity contribution in [2.24, 2.45) is 14.1 Å². The summed E-state index contributed by atoms with van der Waals surface area (Å²) in [6, 6.07) is 22.1. The first-order valence-electron chi connectivity index (χ1n) is 12.8. The van der Waals surface area contributed by atoms with Crippen molar-refractivity contribution < 1.29 is 9.13 Å². The van der Waals surface area contributed by atoms with Crippen molar-refractivity contribution in [2.75, 3.05) is 5.32 Å². The minimum atomic E-state index is -0.280. The van der Waals surface area contributed by atoms with Gasteiger partial charge in [-0.15, -0.1) is 0 Å². The number of nitrogens with zero attached hydrogens (tertiary/aromatic N) is 5. The van der Waals surface area contributed by atoms with Crippen LogP contribution in [0.2, 0.25) is 0 Å². The van der Waals surface area contributed by atoms with Gasteiger partial charge in [0, 0.05) is 38.1 Å². The monoisotopic (exact) mass is 520 g/mol. The van der Waals surface area contributed by atoms with E-state index in [1.54, 1.807) is 18.3 Å². The van der Waals surface area contributed by atoms with Crippen LogP contribution in [0.25, 0.3) is 33.6 Å². The number of hydrogen-bond donors (Lipinski definition) is 1. The molecule has 0 aliphatic carbocycles. The van der Waals surface area contributed by atoms with Crippen molar-refractivity contribution in [3.63, 3.8) is 0 Å². The van der Waals surface area contributed by atoms with Crippen molar-refractivity contribution in [1.29, 1.82) is 0 Å². The van der Waals surface area contributed by atoms with Crippen LogP contribution in [0.1, 0.15) is 26.3 Å². The van der Waals surface area contributed by atoms with E-state index in [1.807, 2.05) is 49.0 Å². The molecule has 0 saturated carbocycles. The Morgan fingerprint density at radius 2 is 1.46 bits per heavy atom. The fraction of sp³-hybridized carbons (Fsp3) is 0.194. The molecule has 3 aromatic heterocycles. The quantitative estimate of drug-likeness (QED) is 0.255. The average molecular weight is 521 g/mol. The van der Waals surface area contributed by atoms with E-state index in [-0.39, 0.29) is 11.2 Å². The Labute approximate surface area is 225 Å². The number of benzene rings is 3. The number of halogens is 1. The van der Waals surface area contributed by atoms with Gasteiger partial charge in [0.05, 0.1) is 22.1 Å². The molecule has 0 amide bonds. The number of rotatable bonds is 5. The Morgan fingerprint density at radius 3 is 2.23 bits per heavy atom. The van der Waals surface area contributed by atoms with Crippen LogP contribution >= 0.6 is 0 Å². The highest BCUT2D eigenvalue weighted by Crippen LogP contribution is 2.32. The molecular weight excluding hydrogens is 491 g/mol. The van der Waals surface area contributed by atoms with Gasteiger partial charge in [-0.3, -0.25) is 4.98 Å². The number of anilines is 2. The predicted octanol–water partition coefficient (Wildman–Crippen LogP) is 7.49. The van der Waals surface area contributed by atoms with Crippen LogP contribution in [-0.2, 0) is 19.5 Å². The molecule has 0 aliphatic rings. The van der Waals surface area contributed by atoms with Gasteiger partial charge >= 0.3 is 0 Å². The summed E-state index contributed by atoms with van der Waals surface area (Å²) in [5.41, 5.74) is 6.49. The molecule has 0 atom stereocenters. The Kier molecular flexibility index (Phi) is 5.83. The Balaban J connectivity index is 1.28. The van der Waals surface area contributed by atoms with Gasteiger partial charge in [-0.05, 0) is 65.6 Å². The van der Waals surface area contributed by atoms with E-state index in [0.717, 1.165) is 39.3 Å². The molecule has 0 fully saturated rings. The van der Waals surface area contributed by atoms with E-state index in [4.69, 9.17) is 14.7 Å². The van der Waals surface area contributed by atoms with Gasteiger partial charge in [-0.25, -0.2) is 14.4 Å². The lowest BCUT2D eigenvalue weighted by Crippen LogP contribution is -2.10. The number of fused-ring (bicyclic) bond motifs is 2. The van der Waals surface area contributed by atoms with Crippen molar-refractivity contribution in [2.45, 2.75) is 26.2 Å². The molecule has 8 heteroatoms. The van der Waals surface area contributed by atoms with Crippen LogP contribution in [0, 0.1) is 5.82 Å². The molecule has 6 aromatic rings. The van der Waals surface area contributed by atoms with Crippen LogP contribution in [-0.4, -0.2) is 24.1 Å². The molecule has 1 N–H and O–H groups in total. The van der Waals surface area contributed by atoms with E-state index < -0.39 is 0 Å². The Hall–Kier alpha value is -4.72. The van der Waals surface area contributed by atoms with Crippen molar-refractivity contribution in [1.82, 2.24) is 24.1 Å². The topological polar surface area (TPSA) is 69.8 Å². The number of aryl methyl sites for hydroxylation is 2. The van der Waals surface area contributed by atoms with Crippen LogP contribution in [0.3, 0.4) is 0 Å². The first-order valence-corrected chi connectivity index (χ1v) is 12.8. The molecule has 0 aliphatic heterocycles. The van der Waals surface area contributed by atoms with Crippen molar-refractivity contribution in [3.8, 4) is 23.0 Å². The highest BCUT2D eigenvalue weighted by molar-refractivity contribution is 5.82. The maximum absolute atomic E-state index is 13.3. The zero-order chi connectivity index (χ0) is 27.3. The third-order valence-corrected chi connectivity index (χ3v) is 6.90. The zero-order valence-corrected chi connectivity index (χ0v) is 22.5. The maximum atomic E-state index is 13.3. The largest absolute Gasteiger partial charge is 0.457 e. The average Bonchev–Trinajstić information content (AvgIpc) is 3.40. The fourth-order valence-electron chi connectivity index (χ4n) is 4.65. The summed E-state index contributed by atoms with van der Waals surface area (Å²) < 4.78 is 23.5. The Bertz CT molecular complexity index is 1830. The SMILES string of the molecule is Cn1c(Nc2ccc(F)cc2)nc2cc(Oc3ccnc(-c4nc5cc(C(C)(C)C)ccc5n4C)c3)ccc21. The lowest BCUT2D eigenvalue weighted by Gasteiger charge is -2.18. The highest BCUT2D eigenvalue weighted by Gasteiger charge is 2.18. The zero-order valence-electron chi connectivity index (χ0n) is 22.5. The second-order valence-electron chi connectivity index (χ2n) is 10.7. The Morgan fingerprint density at radius 1 is 0.769 bits per heavy atom. The van der Waals surface area contributed by atoms with Gasteiger partial charge in [0.15, 0.2) is 5.82 Å². The smallest absolute Gasteiger partial charge is 0.208 e. The lowest BCUT2D eigenvalue weighted by atomic mass is 9.87. The second kappa shape index (κ2) is 9.23. The summed E-state index contributed by atoms with van der Waals surface area (Å²) in [7, 11) is 3.93. The number of ether oxygens (including phenoxy) is 1. The standard InChI is InChI=1S/C31H29FN6O/c1-31(2,3)19-6-12-27-24(16-19)35-29(37(27)4)26-18-23(14-15-33-26)39-22-11-13-28-25(17-22)36-30(38(28)5)34-21-9-7-20(32)8-10-21/h6-18H,1-5H3,(H,34,36). The molecule has 3 heterocycles. The molecule has 0 spiro atoms. The number of nitrogens with one attached hydrogen (secondary N) is 1. The molecule has 196 valence electrons. The molecule has 0 unspecified atom stereocenters. The molecule has 0 saturated heterocycles. The number of hydrogen-bond acceptors (Lipinski definition) is 5. The number of imidazole rings is 2. The van der Waals surface area contributed by atoms with Gasteiger partial charge < -0.3 is 19.2 Å². The van der Waals surface area contributed by atoms with E-state index in [2.05, 4.69) is 53.8 Å². The highest BCUT2D eigenvalue weighted by atomic mass is 19.1. The molecule has 7 nitrogen and oxygen atoms in total. The minimum absolute atomic E-state index is 0.0460. The van der Waals surface area contributed by atoms with Crippen LogP contribution in [0.15, 0.2) is 79.0 Å². The maximum Gasteiger partial charge on any atom is 0.208 e. The minimum Gasteiger partial charge on any atom is -0.457 e. The first-order chi connectivity index (χ1) is 18.7. The number of pyridine rings is 1. The van der Waals surface area contributed by atoms with E-state index in [9.17, 15) is 4.39 Å². The molecule has 39 heavy (non-hydrogen) atoms. The summed E-state index contributed by atoms with van der Waals surface area (Å²) in [5.74, 6) is 2.46. The second-order valence-corrected chi connectivity index (χ2v) is 10.7. The van der Waals surface area contributed by atoms with Crippen LogP contribution < -0.4 is 10.1 Å². The number of aromatic nitrogens is 5. The summed E-state index contributed by atoms with van der Waals surface area (Å²) in [6.07, 6.45) is 1.73.